The summed E-state index contributed by atoms with van der Waals surface area (Å²) < 4.78 is 41.9. The number of rotatable bonds is 2. The van der Waals surface area contributed by atoms with Gasteiger partial charge in [0, 0.05) is 23.9 Å². The van der Waals surface area contributed by atoms with Crippen molar-refractivity contribution in [3.05, 3.63) is 29.6 Å². The maximum absolute atomic E-state index is 13.1. The third-order valence-corrected chi connectivity index (χ3v) is 5.66. The average Bonchev–Trinajstić information content (AvgIpc) is 2.78. The van der Waals surface area contributed by atoms with E-state index in [-0.39, 0.29) is 23.4 Å². The van der Waals surface area contributed by atoms with E-state index in [1.165, 1.54) is 12.1 Å². The summed E-state index contributed by atoms with van der Waals surface area (Å²) >= 11 is 0. The van der Waals surface area contributed by atoms with Crippen LogP contribution in [0.1, 0.15) is 18.4 Å². The van der Waals surface area contributed by atoms with Gasteiger partial charge in [-0.3, -0.25) is 0 Å². The van der Waals surface area contributed by atoms with Gasteiger partial charge in [-0.05, 0) is 24.6 Å². The molecule has 2 N–H and O–H groups in total. The molecule has 104 valence electrons. The molecule has 1 aromatic rings. The standard InChI is InChI=1S/C13H16FNO3S/c14-10-1-2-12-9(5-10)6-11(18-12)7-13(15)3-4-19(16,17)8-13/h1-2,5,11H,3-4,6-8,15H2. The lowest BCUT2D eigenvalue weighted by atomic mass is 9.91. The Hall–Kier alpha value is -1.14. The first kappa shape index (κ1) is 12.9. The Labute approximate surface area is 111 Å². The molecular weight excluding hydrogens is 269 g/mol. The second kappa shape index (κ2) is 4.18. The van der Waals surface area contributed by atoms with Gasteiger partial charge in [0.15, 0.2) is 9.84 Å². The maximum atomic E-state index is 13.1. The highest BCUT2D eigenvalue weighted by Gasteiger charge is 2.42. The lowest BCUT2D eigenvalue weighted by Gasteiger charge is -2.25. The van der Waals surface area contributed by atoms with Gasteiger partial charge in [-0.1, -0.05) is 0 Å². The predicted molar refractivity (Wildman–Crippen MR) is 69.3 cm³/mol. The minimum Gasteiger partial charge on any atom is -0.490 e. The van der Waals surface area contributed by atoms with E-state index < -0.39 is 15.4 Å². The van der Waals surface area contributed by atoms with E-state index in [9.17, 15) is 12.8 Å². The average molecular weight is 285 g/mol. The monoisotopic (exact) mass is 285 g/mol. The van der Waals surface area contributed by atoms with Crippen LogP contribution in [0, 0.1) is 5.82 Å². The summed E-state index contributed by atoms with van der Waals surface area (Å²) in [6.07, 6.45) is 1.39. The second-order valence-electron chi connectivity index (χ2n) is 5.60. The number of hydrogen-bond acceptors (Lipinski definition) is 4. The van der Waals surface area contributed by atoms with Crippen LogP contribution >= 0.6 is 0 Å². The van der Waals surface area contributed by atoms with Crippen molar-refractivity contribution < 1.29 is 17.5 Å². The molecule has 0 bridgehead atoms. The van der Waals surface area contributed by atoms with Crippen molar-refractivity contribution in [2.45, 2.75) is 30.9 Å². The Morgan fingerprint density at radius 3 is 2.95 bits per heavy atom. The van der Waals surface area contributed by atoms with Crippen molar-refractivity contribution >= 4 is 9.84 Å². The van der Waals surface area contributed by atoms with Crippen molar-refractivity contribution in [2.75, 3.05) is 11.5 Å². The van der Waals surface area contributed by atoms with Crippen LogP contribution in [-0.4, -0.2) is 31.6 Å². The van der Waals surface area contributed by atoms with Gasteiger partial charge in [0.05, 0.1) is 11.5 Å². The van der Waals surface area contributed by atoms with Gasteiger partial charge >= 0.3 is 0 Å². The van der Waals surface area contributed by atoms with Crippen molar-refractivity contribution in [1.82, 2.24) is 0 Å². The summed E-state index contributed by atoms with van der Waals surface area (Å²) in [5.41, 5.74) is 6.27. The Morgan fingerprint density at radius 2 is 2.26 bits per heavy atom. The molecule has 1 fully saturated rings. The molecule has 6 heteroatoms. The highest BCUT2D eigenvalue weighted by Crippen LogP contribution is 2.34. The molecule has 0 saturated carbocycles. The van der Waals surface area contributed by atoms with Crippen molar-refractivity contribution in [3.63, 3.8) is 0 Å². The number of sulfone groups is 1. The number of benzene rings is 1. The van der Waals surface area contributed by atoms with Crippen LogP contribution < -0.4 is 10.5 Å². The van der Waals surface area contributed by atoms with Crippen LogP contribution in [0.2, 0.25) is 0 Å². The molecular formula is C13H16FNO3S. The van der Waals surface area contributed by atoms with E-state index in [1.54, 1.807) is 6.07 Å². The zero-order valence-corrected chi connectivity index (χ0v) is 11.2. The number of nitrogens with two attached hydrogens (primary N) is 1. The molecule has 19 heavy (non-hydrogen) atoms. The minimum absolute atomic E-state index is 0.0184. The van der Waals surface area contributed by atoms with Gasteiger partial charge in [-0.2, -0.15) is 0 Å². The van der Waals surface area contributed by atoms with Gasteiger partial charge in [0.1, 0.15) is 17.7 Å². The zero-order valence-electron chi connectivity index (χ0n) is 10.4. The first-order valence-electron chi connectivity index (χ1n) is 6.30. The van der Waals surface area contributed by atoms with Crippen LogP contribution in [0.15, 0.2) is 18.2 Å². The first-order valence-corrected chi connectivity index (χ1v) is 8.12. The fourth-order valence-electron chi connectivity index (χ4n) is 2.96. The van der Waals surface area contributed by atoms with Crippen LogP contribution in [0.5, 0.6) is 5.75 Å². The number of hydrogen-bond donors (Lipinski definition) is 1. The molecule has 1 aromatic carbocycles. The minimum atomic E-state index is -3.01. The van der Waals surface area contributed by atoms with E-state index >= 15 is 0 Å². The smallest absolute Gasteiger partial charge is 0.152 e. The summed E-state index contributed by atoms with van der Waals surface area (Å²) in [6.45, 7) is 0. The molecule has 2 heterocycles. The first-order chi connectivity index (χ1) is 8.85. The van der Waals surface area contributed by atoms with E-state index in [0.717, 1.165) is 5.56 Å². The fourth-order valence-corrected chi connectivity index (χ4v) is 4.96. The predicted octanol–water partition coefficient (Wildman–Crippen LogP) is 1.04. The Balaban J connectivity index is 1.71. The second-order valence-corrected chi connectivity index (χ2v) is 7.79. The molecule has 0 radical (unpaired) electrons. The number of halogens is 1. The Morgan fingerprint density at radius 1 is 1.47 bits per heavy atom. The van der Waals surface area contributed by atoms with Gasteiger partial charge in [0.2, 0.25) is 0 Å². The lowest BCUT2D eigenvalue weighted by molar-refractivity contribution is 0.187. The van der Waals surface area contributed by atoms with Gasteiger partial charge in [0.25, 0.3) is 0 Å². The van der Waals surface area contributed by atoms with E-state index in [1.807, 2.05) is 0 Å². The Kier molecular flexibility index (Phi) is 2.83. The summed E-state index contributed by atoms with van der Waals surface area (Å²) in [7, 11) is -3.01. The lowest BCUT2D eigenvalue weighted by Crippen LogP contribution is -2.45. The molecule has 4 nitrogen and oxygen atoms in total. The molecule has 2 unspecified atom stereocenters. The molecule has 3 rings (SSSR count). The molecule has 0 aliphatic carbocycles. The molecule has 2 aliphatic rings. The zero-order chi connectivity index (χ0) is 13.7. The van der Waals surface area contributed by atoms with Gasteiger partial charge in [-0.25, -0.2) is 12.8 Å². The van der Waals surface area contributed by atoms with Crippen molar-refractivity contribution in [3.8, 4) is 5.75 Å². The van der Waals surface area contributed by atoms with Crippen molar-refractivity contribution in [2.24, 2.45) is 5.73 Å². The fraction of sp³-hybridized carbons (Fsp3) is 0.538. The quantitative estimate of drug-likeness (QED) is 0.881. The third-order valence-electron chi connectivity index (χ3n) is 3.82. The summed E-state index contributed by atoms with van der Waals surface area (Å²) in [4.78, 5) is 0. The van der Waals surface area contributed by atoms with Crippen LogP contribution in [0.3, 0.4) is 0 Å². The van der Waals surface area contributed by atoms with E-state index in [2.05, 4.69) is 0 Å². The third kappa shape index (κ3) is 2.60. The van der Waals surface area contributed by atoms with E-state index in [0.29, 0.717) is 25.0 Å². The molecule has 0 spiro atoms. The largest absolute Gasteiger partial charge is 0.490 e. The number of ether oxygens (including phenoxy) is 1. The number of fused-ring (bicyclic) bond motifs is 1. The van der Waals surface area contributed by atoms with Crippen molar-refractivity contribution in [1.29, 1.82) is 0 Å². The molecule has 0 amide bonds. The SMILES string of the molecule is NC1(CC2Cc3cc(F)ccc3O2)CCS(=O)(=O)C1. The maximum Gasteiger partial charge on any atom is 0.152 e. The molecule has 1 saturated heterocycles. The highest BCUT2D eigenvalue weighted by molar-refractivity contribution is 7.91. The highest BCUT2D eigenvalue weighted by atomic mass is 32.2. The summed E-state index contributed by atoms with van der Waals surface area (Å²) in [5.74, 6) is 0.562. The van der Waals surface area contributed by atoms with Gasteiger partial charge in [-0.15, -0.1) is 0 Å². The summed E-state index contributed by atoms with van der Waals surface area (Å²) in [5, 5.41) is 0. The normalized spacial score (nSPS) is 32.0. The van der Waals surface area contributed by atoms with E-state index in [4.69, 9.17) is 10.5 Å². The van der Waals surface area contributed by atoms with Crippen LogP contribution in [-0.2, 0) is 16.3 Å². The summed E-state index contributed by atoms with van der Waals surface area (Å²) in [6, 6.07) is 4.43. The molecule has 0 aromatic heterocycles. The topological polar surface area (TPSA) is 69.4 Å². The Bertz CT molecular complexity index is 616. The van der Waals surface area contributed by atoms with Crippen LogP contribution in [0.4, 0.5) is 4.39 Å². The van der Waals surface area contributed by atoms with Gasteiger partial charge < -0.3 is 10.5 Å². The van der Waals surface area contributed by atoms with Crippen LogP contribution in [0.25, 0.3) is 0 Å². The molecule has 2 atom stereocenters. The molecule has 2 aliphatic heterocycles.